The maximum atomic E-state index is 6.12. The molecule has 2 N–H and O–H groups in total. The Hall–Kier alpha value is -1.75. The Morgan fingerprint density at radius 1 is 1.19 bits per heavy atom. The minimum absolute atomic E-state index is 0.381. The van der Waals surface area contributed by atoms with Gasteiger partial charge >= 0.3 is 0 Å². The molecule has 2 aromatic carbocycles. The second-order valence-electron chi connectivity index (χ2n) is 4.62. The van der Waals surface area contributed by atoms with Crippen molar-refractivity contribution in [2.45, 2.75) is 6.61 Å². The maximum Gasteiger partial charge on any atom is 0.205 e. The largest absolute Gasteiger partial charge is 0.380 e. The SMILES string of the molecule is COCc1ccccc1-n1c(N)nc2cc(Cl)c(Cl)cc21. The third-order valence-corrected chi connectivity index (χ3v) is 3.98. The molecule has 0 atom stereocenters. The van der Waals surface area contributed by atoms with Gasteiger partial charge in [-0.25, -0.2) is 4.98 Å². The molecule has 0 spiro atoms. The van der Waals surface area contributed by atoms with Crippen LogP contribution in [-0.2, 0) is 11.3 Å². The van der Waals surface area contributed by atoms with E-state index in [0.29, 0.717) is 28.1 Å². The Kier molecular flexibility index (Phi) is 3.76. The van der Waals surface area contributed by atoms with Gasteiger partial charge in [0.05, 0.1) is 33.4 Å². The highest BCUT2D eigenvalue weighted by Gasteiger charge is 2.14. The zero-order valence-electron chi connectivity index (χ0n) is 11.3. The van der Waals surface area contributed by atoms with E-state index in [0.717, 1.165) is 16.8 Å². The first-order chi connectivity index (χ1) is 10.1. The second kappa shape index (κ2) is 5.56. The van der Waals surface area contributed by atoms with Crippen LogP contribution in [0.1, 0.15) is 5.56 Å². The third-order valence-electron chi connectivity index (χ3n) is 3.25. The average molecular weight is 322 g/mol. The molecule has 0 aliphatic carbocycles. The van der Waals surface area contributed by atoms with Crippen molar-refractivity contribution in [3.05, 3.63) is 52.0 Å². The zero-order valence-corrected chi connectivity index (χ0v) is 12.8. The molecule has 0 saturated carbocycles. The topological polar surface area (TPSA) is 53.1 Å². The highest BCUT2D eigenvalue weighted by molar-refractivity contribution is 6.42. The van der Waals surface area contributed by atoms with Crippen LogP contribution in [0.4, 0.5) is 5.95 Å². The molecule has 0 aliphatic rings. The van der Waals surface area contributed by atoms with E-state index in [2.05, 4.69) is 4.98 Å². The number of hydrogen-bond acceptors (Lipinski definition) is 3. The van der Waals surface area contributed by atoms with Crippen molar-refractivity contribution in [3.63, 3.8) is 0 Å². The van der Waals surface area contributed by atoms with Crippen LogP contribution >= 0.6 is 23.2 Å². The fourth-order valence-electron chi connectivity index (χ4n) is 2.35. The van der Waals surface area contributed by atoms with Gasteiger partial charge in [0, 0.05) is 12.7 Å². The van der Waals surface area contributed by atoms with Crippen molar-refractivity contribution in [2.24, 2.45) is 0 Å². The minimum Gasteiger partial charge on any atom is -0.380 e. The summed E-state index contributed by atoms with van der Waals surface area (Å²) in [6.45, 7) is 0.483. The lowest BCUT2D eigenvalue weighted by molar-refractivity contribution is 0.185. The lowest BCUT2D eigenvalue weighted by atomic mass is 10.2. The van der Waals surface area contributed by atoms with E-state index < -0.39 is 0 Å². The minimum atomic E-state index is 0.381. The van der Waals surface area contributed by atoms with Crippen LogP contribution in [0, 0.1) is 0 Å². The fraction of sp³-hybridized carbons (Fsp3) is 0.133. The number of imidazole rings is 1. The van der Waals surface area contributed by atoms with Crippen LogP contribution in [0.5, 0.6) is 0 Å². The molecule has 1 aromatic heterocycles. The van der Waals surface area contributed by atoms with Crippen LogP contribution in [0.25, 0.3) is 16.7 Å². The van der Waals surface area contributed by atoms with E-state index in [9.17, 15) is 0 Å². The van der Waals surface area contributed by atoms with Gasteiger partial charge in [-0.1, -0.05) is 41.4 Å². The van der Waals surface area contributed by atoms with Crippen LogP contribution in [0.2, 0.25) is 10.0 Å². The van der Waals surface area contributed by atoms with Gasteiger partial charge in [0.1, 0.15) is 0 Å². The van der Waals surface area contributed by atoms with E-state index in [4.69, 9.17) is 33.7 Å². The van der Waals surface area contributed by atoms with Crippen molar-refractivity contribution in [1.29, 1.82) is 0 Å². The molecule has 1 heterocycles. The number of aromatic nitrogens is 2. The summed E-state index contributed by atoms with van der Waals surface area (Å²) in [4.78, 5) is 4.35. The number of nitrogen functional groups attached to an aromatic ring is 1. The van der Waals surface area contributed by atoms with E-state index in [1.54, 1.807) is 19.2 Å². The fourth-order valence-corrected chi connectivity index (χ4v) is 2.67. The number of fused-ring (bicyclic) bond motifs is 1. The lowest BCUT2D eigenvalue weighted by Gasteiger charge is -2.12. The molecule has 0 bridgehead atoms. The molecule has 3 aromatic rings. The highest BCUT2D eigenvalue weighted by atomic mass is 35.5. The average Bonchev–Trinajstić information content (AvgIpc) is 2.76. The summed E-state index contributed by atoms with van der Waals surface area (Å²) >= 11 is 12.2. The van der Waals surface area contributed by atoms with E-state index in [-0.39, 0.29) is 0 Å². The van der Waals surface area contributed by atoms with Gasteiger partial charge in [-0.15, -0.1) is 0 Å². The number of hydrogen-bond donors (Lipinski definition) is 1. The van der Waals surface area contributed by atoms with Crippen LogP contribution in [0.3, 0.4) is 0 Å². The van der Waals surface area contributed by atoms with Gasteiger partial charge < -0.3 is 10.5 Å². The van der Waals surface area contributed by atoms with Crippen molar-refractivity contribution in [1.82, 2.24) is 9.55 Å². The summed E-state index contributed by atoms with van der Waals surface area (Å²) in [5, 5.41) is 0.925. The van der Waals surface area contributed by atoms with Crippen LogP contribution in [-0.4, -0.2) is 16.7 Å². The van der Waals surface area contributed by atoms with Gasteiger partial charge in [0.2, 0.25) is 5.95 Å². The molecular formula is C15H13Cl2N3O. The Morgan fingerprint density at radius 2 is 1.90 bits per heavy atom. The smallest absolute Gasteiger partial charge is 0.205 e. The number of nitrogens with two attached hydrogens (primary N) is 1. The van der Waals surface area contributed by atoms with Crippen molar-refractivity contribution in [2.75, 3.05) is 12.8 Å². The number of methoxy groups -OCH3 is 1. The standard InChI is InChI=1S/C15H13Cl2N3O/c1-21-8-9-4-2-3-5-13(9)20-14-7-11(17)10(16)6-12(14)19-15(20)18/h2-7H,8H2,1H3,(H2,18,19). The molecule has 6 heteroatoms. The summed E-state index contributed by atoms with van der Waals surface area (Å²) in [6.07, 6.45) is 0. The van der Waals surface area contributed by atoms with Gasteiger partial charge in [-0.2, -0.15) is 0 Å². The Labute approximate surface area is 132 Å². The van der Waals surface area contributed by atoms with Crippen molar-refractivity contribution in [3.8, 4) is 5.69 Å². The van der Waals surface area contributed by atoms with Crippen LogP contribution in [0.15, 0.2) is 36.4 Å². The number of para-hydroxylation sites is 1. The van der Waals surface area contributed by atoms with E-state index in [1.807, 2.05) is 28.8 Å². The first-order valence-electron chi connectivity index (χ1n) is 6.32. The van der Waals surface area contributed by atoms with Gasteiger partial charge in [-0.3, -0.25) is 4.57 Å². The lowest BCUT2D eigenvalue weighted by Crippen LogP contribution is -2.04. The highest BCUT2D eigenvalue weighted by Crippen LogP contribution is 2.31. The summed E-state index contributed by atoms with van der Waals surface area (Å²) in [5.74, 6) is 0.381. The Bertz CT molecular complexity index is 814. The van der Waals surface area contributed by atoms with E-state index in [1.165, 1.54) is 0 Å². The zero-order chi connectivity index (χ0) is 15.0. The van der Waals surface area contributed by atoms with Gasteiger partial charge in [-0.05, 0) is 18.2 Å². The predicted octanol–water partition coefficient (Wildman–Crippen LogP) is 4.06. The Morgan fingerprint density at radius 3 is 2.67 bits per heavy atom. The number of anilines is 1. The normalized spacial score (nSPS) is 11.2. The molecule has 3 rings (SSSR count). The molecule has 0 amide bonds. The summed E-state index contributed by atoms with van der Waals surface area (Å²) in [5.41, 5.74) is 9.51. The first kappa shape index (κ1) is 14.2. The molecule has 4 nitrogen and oxygen atoms in total. The van der Waals surface area contributed by atoms with Crippen LogP contribution < -0.4 is 5.73 Å². The molecule has 21 heavy (non-hydrogen) atoms. The number of halogens is 2. The number of benzene rings is 2. The number of rotatable bonds is 3. The first-order valence-corrected chi connectivity index (χ1v) is 7.07. The molecule has 0 aliphatic heterocycles. The molecule has 0 radical (unpaired) electrons. The molecule has 0 unspecified atom stereocenters. The number of nitrogens with zero attached hydrogens (tertiary/aromatic N) is 2. The quantitative estimate of drug-likeness (QED) is 0.791. The van der Waals surface area contributed by atoms with E-state index >= 15 is 0 Å². The summed E-state index contributed by atoms with van der Waals surface area (Å²) in [6, 6.07) is 11.3. The van der Waals surface area contributed by atoms with Crippen molar-refractivity contribution >= 4 is 40.2 Å². The molecule has 0 fully saturated rings. The molecule has 0 saturated heterocycles. The van der Waals surface area contributed by atoms with Crippen molar-refractivity contribution < 1.29 is 4.74 Å². The molecular weight excluding hydrogens is 309 g/mol. The van der Waals surface area contributed by atoms with Gasteiger partial charge in [0.25, 0.3) is 0 Å². The monoisotopic (exact) mass is 321 g/mol. The predicted molar refractivity (Wildman–Crippen MR) is 86.2 cm³/mol. The van der Waals surface area contributed by atoms with Gasteiger partial charge in [0.15, 0.2) is 0 Å². The third kappa shape index (κ3) is 2.46. The molecule has 108 valence electrons. The maximum absolute atomic E-state index is 6.12. The Balaban J connectivity index is 2.30. The summed E-state index contributed by atoms with van der Waals surface area (Å²) < 4.78 is 7.09. The number of ether oxygens (including phenoxy) is 1. The summed E-state index contributed by atoms with van der Waals surface area (Å²) in [7, 11) is 1.66. The second-order valence-corrected chi connectivity index (χ2v) is 5.44.